The molecule has 1 saturated heterocycles. The number of sulfonamides is 1. The summed E-state index contributed by atoms with van der Waals surface area (Å²) >= 11 is 0. The minimum absolute atomic E-state index is 0.231. The number of nitrogens with zero attached hydrogens (tertiary/aromatic N) is 4. The van der Waals surface area contributed by atoms with E-state index in [-0.39, 0.29) is 12.5 Å². The number of hydrogen-bond acceptors (Lipinski definition) is 5. The van der Waals surface area contributed by atoms with Crippen molar-refractivity contribution >= 4 is 10.0 Å². The van der Waals surface area contributed by atoms with Crippen LogP contribution < -0.4 is 0 Å². The van der Waals surface area contributed by atoms with Gasteiger partial charge in [0.1, 0.15) is 0 Å². The van der Waals surface area contributed by atoms with E-state index in [1.807, 2.05) is 30.9 Å². The number of hydrazine groups is 1. The first-order valence-corrected chi connectivity index (χ1v) is 8.63. The molecule has 0 N–H and O–H groups in total. The summed E-state index contributed by atoms with van der Waals surface area (Å²) in [4.78, 5) is 0. The van der Waals surface area contributed by atoms with Crippen molar-refractivity contribution in [1.29, 1.82) is 5.26 Å². The highest BCUT2D eigenvalue weighted by Crippen LogP contribution is 2.35. The van der Waals surface area contributed by atoms with Crippen LogP contribution in [0.15, 0.2) is 12.8 Å². The fraction of sp³-hybridized carbons (Fsp3) is 0.786. The normalized spacial score (nSPS) is 18.6. The van der Waals surface area contributed by atoms with E-state index in [2.05, 4.69) is 12.6 Å². The maximum absolute atomic E-state index is 12.2. The van der Waals surface area contributed by atoms with Crippen molar-refractivity contribution in [2.24, 2.45) is 0 Å². The first-order chi connectivity index (χ1) is 9.62. The highest BCUT2D eigenvalue weighted by atomic mass is 32.2. The van der Waals surface area contributed by atoms with Gasteiger partial charge < -0.3 is 5.01 Å². The van der Waals surface area contributed by atoms with Gasteiger partial charge in [0.15, 0.2) is 0 Å². The molecule has 0 aromatic carbocycles. The summed E-state index contributed by atoms with van der Waals surface area (Å²) in [5, 5.41) is 12.6. The van der Waals surface area contributed by atoms with E-state index in [0.717, 1.165) is 0 Å². The molecule has 0 saturated carbocycles. The highest BCUT2D eigenvalue weighted by Gasteiger charge is 2.52. The van der Waals surface area contributed by atoms with Gasteiger partial charge in [-0.1, -0.05) is 6.58 Å². The summed E-state index contributed by atoms with van der Waals surface area (Å²) in [5.74, 6) is 0. The van der Waals surface area contributed by atoms with Gasteiger partial charge in [-0.3, -0.25) is 0 Å². The minimum atomic E-state index is -3.27. The molecular formula is C14H26N4O2S. The molecule has 1 heterocycles. The van der Waals surface area contributed by atoms with E-state index < -0.39 is 20.8 Å². The van der Waals surface area contributed by atoms with Crippen molar-refractivity contribution in [3.63, 3.8) is 0 Å². The van der Waals surface area contributed by atoms with Crippen LogP contribution in [0.1, 0.15) is 34.1 Å². The van der Waals surface area contributed by atoms with Crippen molar-refractivity contribution in [2.45, 2.75) is 50.9 Å². The average molecular weight is 314 g/mol. The molecule has 1 rings (SSSR count). The lowest BCUT2D eigenvalue weighted by Gasteiger charge is -2.56. The van der Waals surface area contributed by atoms with Gasteiger partial charge in [-0.15, -0.1) is 0 Å². The van der Waals surface area contributed by atoms with Gasteiger partial charge in [0.25, 0.3) is 0 Å². The molecule has 1 fully saturated rings. The topological polar surface area (TPSA) is 67.7 Å². The second-order valence-electron chi connectivity index (χ2n) is 6.12. The lowest BCUT2D eigenvalue weighted by atomic mass is 9.88. The summed E-state index contributed by atoms with van der Waals surface area (Å²) < 4.78 is 25.9. The molecule has 0 radical (unpaired) electrons. The van der Waals surface area contributed by atoms with E-state index in [0.29, 0.717) is 13.1 Å². The van der Waals surface area contributed by atoms with Crippen molar-refractivity contribution < 1.29 is 8.42 Å². The van der Waals surface area contributed by atoms with Gasteiger partial charge in [-0.05, 0) is 27.7 Å². The van der Waals surface area contributed by atoms with E-state index in [4.69, 9.17) is 5.26 Å². The molecule has 0 bridgehead atoms. The second kappa shape index (κ2) is 6.34. The number of hydrogen-bond donors (Lipinski definition) is 0. The average Bonchev–Trinajstić information content (AvgIpc) is 2.34. The molecule has 120 valence electrons. The molecule has 0 atom stereocenters. The maximum atomic E-state index is 12.2. The van der Waals surface area contributed by atoms with Crippen molar-refractivity contribution in [1.82, 2.24) is 14.3 Å². The maximum Gasteiger partial charge on any atom is 0.216 e. The van der Waals surface area contributed by atoms with Crippen LogP contribution in [-0.2, 0) is 10.0 Å². The molecule has 0 spiro atoms. The Bertz CT molecular complexity index is 516. The molecule has 1 aliphatic heterocycles. The summed E-state index contributed by atoms with van der Waals surface area (Å²) in [7, 11) is -1.35. The van der Waals surface area contributed by atoms with Crippen LogP contribution in [0.5, 0.6) is 0 Å². The molecule has 0 aliphatic carbocycles. The fourth-order valence-electron chi connectivity index (χ4n) is 2.48. The quantitative estimate of drug-likeness (QED) is 0.664. The van der Waals surface area contributed by atoms with Gasteiger partial charge in [0.2, 0.25) is 10.0 Å². The molecule has 0 aromatic heterocycles. The van der Waals surface area contributed by atoms with E-state index in [1.165, 1.54) is 4.31 Å². The zero-order chi connectivity index (χ0) is 16.4. The summed E-state index contributed by atoms with van der Waals surface area (Å²) in [6, 6.07) is 2.41. The molecular weight excluding hydrogens is 288 g/mol. The van der Waals surface area contributed by atoms with Crippen LogP contribution in [0.2, 0.25) is 0 Å². The molecule has 21 heavy (non-hydrogen) atoms. The highest BCUT2D eigenvalue weighted by molar-refractivity contribution is 7.89. The van der Waals surface area contributed by atoms with E-state index in [9.17, 15) is 8.42 Å². The van der Waals surface area contributed by atoms with Crippen LogP contribution in [-0.4, -0.2) is 59.7 Å². The Kier molecular flexibility index (Phi) is 5.42. The van der Waals surface area contributed by atoms with E-state index >= 15 is 0 Å². The summed E-state index contributed by atoms with van der Waals surface area (Å²) in [6.45, 7) is 11.9. The lowest BCUT2D eigenvalue weighted by Crippen LogP contribution is -2.73. The molecule has 0 amide bonds. The third kappa shape index (κ3) is 3.23. The molecule has 7 heteroatoms. The van der Waals surface area contributed by atoms with Gasteiger partial charge in [-0.25, -0.2) is 13.4 Å². The lowest BCUT2D eigenvalue weighted by molar-refractivity contribution is -0.115. The predicted molar refractivity (Wildman–Crippen MR) is 83.5 cm³/mol. The predicted octanol–water partition coefficient (Wildman–Crippen LogP) is 1.39. The van der Waals surface area contributed by atoms with Crippen LogP contribution in [0.3, 0.4) is 0 Å². The summed E-state index contributed by atoms with van der Waals surface area (Å²) in [6.07, 6.45) is 1.94. The molecule has 0 aromatic rings. The Morgan fingerprint density at radius 3 is 2.24 bits per heavy atom. The smallest absolute Gasteiger partial charge is 0.216 e. The van der Waals surface area contributed by atoms with Gasteiger partial charge in [0.05, 0.1) is 23.3 Å². The van der Waals surface area contributed by atoms with Gasteiger partial charge >= 0.3 is 0 Å². The van der Waals surface area contributed by atoms with Gasteiger partial charge in [-0.2, -0.15) is 9.57 Å². The summed E-state index contributed by atoms with van der Waals surface area (Å²) in [5.41, 5.74) is -0.516. The SMILES string of the molecule is C=CN(N(C)C(C)C)C1(CC#N)CN(S(=O)(=O)C(C)C)C1. The second-order valence-corrected chi connectivity index (χ2v) is 8.60. The number of rotatable bonds is 7. The van der Waals surface area contributed by atoms with Crippen molar-refractivity contribution in [2.75, 3.05) is 20.1 Å². The Balaban J connectivity index is 3.00. The minimum Gasteiger partial charge on any atom is -0.304 e. The van der Waals surface area contributed by atoms with Crippen LogP contribution >= 0.6 is 0 Å². The van der Waals surface area contributed by atoms with E-state index in [1.54, 1.807) is 20.0 Å². The molecule has 6 nitrogen and oxygen atoms in total. The Morgan fingerprint density at radius 1 is 1.38 bits per heavy atom. The monoisotopic (exact) mass is 314 g/mol. The Morgan fingerprint density at radius 2 is 1.90 bits per heavy atom. The zero-order valence-corrected chi connectivity index (χ0v) is 14.4. The third-order valence-electron chi connectivity index (χ3n) is 4.05. The first kappa shape index (κ1) is 18.0. The largest absolute Gasteiger partial charge is 0.304 e. The fourth-order valence-corrected chi connectivity index (χ4v) is 3.92. The van der Waals surface area contributed by atoms with Crippen LogP contribution in [0.25, 0.3) is 0 Å². The Labute approximate surface area is 128 Å². The standard InChI is InChI=1S/C14H26N4O2S/c1-7-18(16(6)12(2)3)14(8-9-15)10-17(11-14)21(19,20)13(4)5/h7,12-13H,1,8,10-11H2,2-6H3. The van der Waals surface area contributed by atoms with Gasteiger partial charge in [0, 0.05) is 32.4 Å². The van der Waals surface area contributed by atoms with Crippen LogP contribution in [0.4, 0.5) is 0 Å². The Hall–Kier alpha value is -1.10. The first-order valence-electron chi connectivity index (χ1n) is 7.13. The molecule has 1 aliphatic rings. The number of nitriles is 1. The zero-order valence-electron chi connectivity index (χ0n) is 13.6. The van der Waals surface area contributed by atoms with Crippen molar-refractivity contribution in [3.05, 3.63) is 12.8 Å². The van der Waals surface area contributed by atoms with Crippen molar-refractivity contribution in [3.8, 4) is 6.07 Å². The molecule has 0 unspecified atom stereocenters. The third-order valence-corrected chi connectivity index (χ3v) is 6.22. The van der Waals surface area contributed by atoms with Crippen LogP contribution in [0, 0.1) is 11.3 Å².